The molecule has 2 aliphatic rings. The smallest absolute Gasteiger partial charge is 0.160 e. The first-order chi connectivity index (χ1) is 13.0. The summed E-state index contributed by atoms with van der Waals surface area (Å²) in [6, 6.07) is 17.9. The Morgan fingerprint density at radius 2 is 1.89 bits per heavy atom. The molecule has 0 N–H and O–H groups in total. The third-order valence-corrected chi connectivity index (χ3v) is 7.69. The lowest BCUT2D eigenvalue weighted by molar-refractivity contribution is 0.341. The van der Waals surface area contributed by atoms with Crippen LogP contribution in [0.1, 0.15) is 11.1 Å². The van der Waals surface area contributed by atoms with Gasteiger partial charge in [0.05, 0.1) is 30.7 Å². The van der Waals surface area contributed by atoms with Crippen LogP contribution in [0.4, 0.5) is 0 Å². The summed E-state index contributed by atoms with van der Waals surface area (Å²) in [4.78, 5) is 6.94. The van der Waals surface area contributed by atoms with Crippen molar-refractivity contribution in [3.05, 3.63) is 65.7 Å². The molecule has 0 aromatic heterocycles. The van der Waals surface area contributed by atoms with Gasteiger partial charge in [0.2, 0.25) is 0 Å². The van der Waals surface area contributed by atoms with Crippen molar-refractivity contribution in [2.24, 2.45) is 4.99 Å². The highest BCUT2D eigenvalue weighted by atomic mass is 32.2. The number of fused-ring (bicyclic) bond motifs is 1. The Morgan fingerprint density at radius 1 is 1.11 bits per heavy atom. The highest BCUT2D eigenvalue weighted by Gasteiger charge is 2.46. The number of benzene rings is 2. The van der Waals surface area contributed by atoms with Gasteiger partial charge in [-0.1, -0.05) is 54.2 Å². The van der Waals surface area contributed by atoms with Crippen LogP contribution in [0, 0.1) is 0 Å². The number of hydrogen-bond donors (Lipinski definition) is 0. The topological polar surface area (TPSA) is 59.0 Å². The molecule has 2 aromatic carbocycles. The molecular formula is C20H22N2O3S2. The molecule has 2 aliphatic heterocycles. The maximum atomic E-state index is 12.1. The molecule has 0 aliphatic carbocycles. The SMILES string of the molecule is COc1cccc(CN2C(SCc3ccccc3)=N[C@H]3CS(=O)(=O)C[C@@H]32)c1. The van der Waals surface area contributed by atoms with Gasteiger partial charge in [-0.25, -0.2) is 8.42 Å². The molecule has 5 nitrogen and oxygen atoms in total. The van der Waals surface area contributed by atoms with Gasteiger partial charge in [0.15, 0.2) is 15.0 Å². The summed E-state index contributed by atoms with van der Waals surface area (Å²) >= 11 is 1.68. The summed E-state index contributed by atoms with van der Waals surface area (Å²) in [5, 5.41) is 0.937. The Kier molecular flexibility index (Phi) is 5.14. The molecule has 0 radical (unpaired) electrons. The zero-order chi connectivity index (χ0) is 18.9. The summed E-state index contributed by atoms with van der Waals surface area (Å²) in [5.74, 6) is 1.96. The lowest BCUT2D eigenvalue weighted by Crippen LogP contribution is -2.38. The Bertz CT molecular complexity index is 945. The van der Waals surface area contributed by atoms with Crippen molar-refractivity contribution in [2.75, 3.05) is 18.6 Å². The number of amidine groups is 1. The molecule has 0 amide bonds. The van der Waals surface area contributed by atoms with E-state index in [-0.39, 0.29) is 23.6 Å². The van der Waals surface area contributed by atoms with Crippen LogP contribution in [0.2, 0.25) is 0 Å². The second-order valence-corrected chi connectivity index (χ2v) is 9.97. The minimum atomic E-state index is -3.02. The standard InChI is InChI=1S/C20H22N2O3S2/c1-25-17-9-5-8-16(10-17)11-22-19-14-27(23,24)13-18(19)21-20(22)26-12-15-6-3-2-4-7-15/h2-10,18-19H,11-14H2,1H3/t18-,19-/m0/s1. The average molecular weight is 403 g/mol. The first-order valence-corrected chi connectivity index (χ1v) is 11.7. The fourth-order valence-electron chi connectivity index (χ4n) is 3.58. The summed E-state index contributed by atoms with van der Waals surface area (Å²) in [6.45, 7) is 0.633. The molecule has 1 fully saturated rings. The van der Waals surface area contributed by atoms with Crippen molar-refractivity contribution >= 4 is 26.8 Å². The van der Waals surface area contributed by atoms with Crippen molar-refractivity contribution in [3.63, 3.8) is 0 Å². The summed E-state index contributed by atoms with van der Waals surface area (Å²) in [6.07, 6.45) is 0. The van der Waals surface area contributed by atoms with Crippen LogP contribution >= 0.6 is 11.8 Å². The molecule has 2 aromatic rings. The first kappa shape index (κ1) is 18.4. The van der Waals surface area contributed by atoms with Crippen LogP contribution in [-0.4, -0.2) is 49.2 Å². The number of aliphatic imine (C=N–C) groups is 1. The van der Waals surface area contributed by atoms with E-state index in [0.29, 0.717) is 6.54 Å². The lowest BCUT2D eigenvalue weighted by atomic mass is 10.1. The van der Waals surface area contributed by atoms with Gasteiger partial charge in [0.25, 0.3) is 0 Å². The van der Waals surface area contributed by atoms with Crippen molar-refractivity contribution in [2.45, 2.75) is 24.4 Å². The first-order valence-electron chi connectivity index (χ1n) is 8.88. The third-order valence-electron chi connectivity index (χ3n) is 4.91. The van der Waals surface area contributed by atoms with Gasteiger partial charge in [0.1, 0.15) is 5.75 Å². The molecule has 2 atom stereocenters. The fraction of sp³-hybridized carbons (Fsp3) is 0.350. The number of methoxy groups -OCH3 is 1. The zero-order valence-electron chi connectivity index (χ0n) is 15.1. The number of nitrogens with zero attached hydrogens (tertiary/aromatic N) is 2. The van der Waals surface area contributed by atoms with E-state index in [1.807, 2.05) is 42.5 Å². The van der Waals surface area contributed by atoms with E-state index in [1.54, 1.807) is 18.9 Å². The van der Waals surface area contributed by atoms with Crippen LogP contribution in [0.15, 0.2) is 59.6 Å². The second kappa shape index (κ2) is 7.56. The van der Waals surface area contributed by atoms with Crippen LogP contribution in [0.5, 0.6) is 5.75 Å². The maximum absolute atomic E-state index is 12.1. The van der Waals surface area contributed by atoms with E-state index in [1.165, 1.54) is 5.56 Å². The predicted molar refractivity (Wildman–Crippen MR) is 110 cm³/mol. The van der Waals surface area contributed by atoms with Gasteiger partial charge >= 0.3 is 0 Å². The molecule has 27 heavy (non-hydrogen) atoms. The van der Waals surface area contributed by atoms with E-state index in [0.717, 1.165) is 22.2 Å². The van der Waals surface area contributed by atoms with E-state index in [4.69, 9.17) is 9.73 Å². The number of hydrogen-bond acceptors (Lipinski definition) is 6. The van der Waals surface area contributed by atoms with Crippen molar-refractivity contribution in [1.82, 2.24) is 4.90 Å². The average Bonchev–Trinajstić information content (AvgIpc) is 3.13. The Labute approximate surface area is 164 Å². The van der Waals surface area contributed by atoms with Crippen molar-refractivity contribution < 1.29 is 13.2 Å². The van der Waals surface area contributed by atoms with Crippen LogP contribution in [0.3, 0.4) is 0 Å². The molecule has 0 spiro atoms. The fourth-order valence-corrected chi connectivity index (χ4v) is 6.52. The van der Waals surface area contributed by atoms with Crippen molar-refractivity contribution in [3.8, 4) is 5.75 Å². The summed E-state index contributed by atoms with van der Waals surface area (Å²) < 4.78 is 29.5. The normalized spacial score (nSPS) is 23.1. The van der Waals surface area contributed by atoms with E-state index < -0.39 is 9.84 Å². The number of thioether (sulfide) groups is 1. The molecule has 1 saturated heterocycles. The Balaban J connectivity index is 1.55. The van der Waals surface area contributed by atoms with Gasteiger partial charge in [-0.3, -0.25) is 4.99 Å². The maximum Gasteiger partial charge on any atom is 0.160 e. The van der Waals surface area contributed by atoms with E-state index in [2.05, 4.69) is 17.0 Å². The largest absolute Gasteiger partial charge is 0.497 e. The number of rotatable bonds is 5. The quantitative estimate of drug-likeness (QED) is 0.770. The number of ether oxygens (including phenoxy) is 1. The van der Waals surface area contributed by atoms with Crippen LogP contribution in [-0.2, 0) is 22.1 Å². The van der Waals surface area contributed by atoms with Crippen molar-refractivity contribution in [1.29, 1.82) is 0 Å². The Morgan fingerprint density at radius 3 is 2.67 bits per heavy atom. The predicted octanol–water partition coefficient (Wildman–Crippen LogP) is 2.97. The molecule has 142 valence electrons. The molecular weight excluding hydrogens is 380 g/mol. The third kappa shape index (κ3) is 4.14. The molecule has 0 saturated carbocycles. The molecule has 0 bridgehead atoms. The molecule has 7 heteroatoms. The Hall–Kier alpha value is -1.99. The van der Waals surface area contributed by atoms with Gasteiger partial charge in [-0.05, 0) is 23.3 Å². The van der Waals surface area contributed by atoms with Gasteiger partial charge in [0, 0.05) is 12.3 Å². The highest BCUT2D eigenvalue weighted by molar-refractivity contribution is 8.13. The van der Waals surface area contributed by atoms with Gasteiger partial charge in [-0.2, -0.15) is 0 Å². The van der Waals surface area contributed by atoms with Crippen LogP contribution < -0.4 is 4.74 Å². The van der Waals surface area contributed by atoms with E-state index in [9.17, 15) is 8.42 Å². The zero-order valence-corrected chi connectivity index (χ0v) is 16.7. The highest BCUT2D eigenvalue weighted by Crippen LogP contribution is 2.33. The molecule has 0 unspecified atom stereocenters. The van der Waals surface area contributed by atoms with Crippen LogP contribution in [0.25, 0.3) is 0 Å². The summed E-state index contributed by atoms with van der Waals surface area (Å²) in [5.41, 5.74) is 2.32. The second-order valence-electron chi connectivity index (χ2n) is 6.88. The van der Waals surface area contributed by atoms with E-state index >= 15 is 0 Å². The minimum Gasteiger partial charge on any atom is -0.497 e. The monoisotopic (exact) mass is 402 g/mol. The lowest BCUT2D eigenvalue weighted by Gasteiger charge is -2.26. The molecule has 4 rings (SSSR count). The van der Waals surface area contributed by atoms with Gasteiger partial charge in [-0.15, -0.1) is 0 Å². The minimum absolute atomic E-state index is 0.0699. The summed E-state index contributed by atoms with van der Waals surface area (Å²) in [7, 11) is -1.37. The van der Waals surface area contributed by atoms with Gasteiger partial charge < -0.3 is 9.64 Å². The number of sulfone groups is 1. The molecule has 2 heterocycles.